The zero-order chi connectivity index (χ0) is 9.84. The van der Waals surface area contributed by atoms with Crippen LogP contribution in [-0.2, 0) is 0 Å². The van der Waals surface area contributed by atoms with Crippen LogP contribution < -0.4 is 0 Å². The van der Waals surface area contributed by atoms with Gasteiger partial charge in [0.05, 0.1) is 0 Å². The number of rotatable bonds is 3. The molecule has 2 heteroatoms. The molecule has 13 heavy (non-hydrogen) atoms. The van der Waals surface area contributed by atoms with Crippen LogP contribution in [0.2, 0.25) is 0 Å². The summed E-state index contributed by atoms with van der Waals surface area (Å²) in [5.41, 5.74) is 1.12. The topological polar surface area (TPSA) is 0 Å². The van der Waals surface area contributed by atoms with E-state index in [9.17, 15) is 4.39 Å². The largest absolute Gasteiger partial charge is 0.207 e. The highest BCUT2D eigenvalue weighted by atomic mass is 35.5. The Balaban J connectivity index is 2.86. The van der Waals surface area contributed by atoms with Gasteiger partial charge in [-0.15, -0.1) is 11.6 Å². The smallest absolute Gasteiger partial charge is 0.123 e. The molecule has 0 bridgehead atoms. The van der Waals surface area contributed by atoms with Crippen molar-refractivity contribution in [3.63, 3.8) is 0 Å². The summed E-state index contributed by atoms with van der Waals surface area (Å²) >= 11 is 5.84. The van der Waals surface area contributed by atoms with Crippen molar-refractivity contribution >= 4 is 11.6 Å². The first-order chi connectivity index (χ1) is 6.15. The van der Waals surface area contributed by atoms with E-state index in [1.165, 1.54) is 12.1 Å². The molecule has 0 radical (unpaired) electrons. The number of alkyl halides is 1. The van der Waals surface area contributed by atoms with E-state index in [1.54, 1.807) is 0 Å². The molecule has 1 unspecified atom stereocenters. The summed E-state index contributed by atoms with van der Waals surface area (Å²) < 4.78 is 12.6. The fourth-order valence-corrected chi connectivity index (χ4v) is 1.90. The molecule has 72 valence electrons. The third-order valence-corrected chi connectivity index (χ3v) is 2.60. The normalized spacial score (nSPS) is 13.3. The van der Waals surface area contributed by atoms with Crippen LogP contribution in [0.1, 0.15) is 25.3 Å². The molecule has 0 N–H and O–H groups in total. The van der Waals surface area contributed by atoms with E-state index in [2.05, 4.69) is 13.8 Å². The van der Waals surface area contributed by atoms with E-state index in [4.69, 9.17) is 11.6 Å². The fourth-order valence-electron chi connectivity index (χ4n) is 1.36. The predicted octanol–water partition coefficient (Wildman–Crippen LogP) is 3.80. The van der Waals surface area contributed by atoms with Crippen molar-refractivity contribution in [1.82, 2.24) is 0 Å². The van der Waals surface area contributed by atoms with Crippen LogP contribution in [0.15, 0.2) is 24.3 Å². The average molecular weight is 201 g/mol. The molecular weight excluding hydrogens is 187 g/mol. The second kappa shape index (κ2) is 4.61. The van der Waals surface area contributed by atoms with Crippen LogP contribution in [0, 0.1) is 11.7 Å². The van der Waals surface area contributed by atoms with Gasteiger partial charge in [0.25, 0.3) is 0 Å². The first-order valence-electron chi connectivity index (χ1n) is 4.46. The molecule has 0 aliphatic rings. The van der Waals surface area contributed by atoms with Crippen molar-refractivity contribution in [3.05, 3.63) is 35.6 Å². The summed E-state index contributed by atoms with van der Waals surface area (Å²) in [4.78, 5) is 0. The maximum Gasteiger partial charge on any atom is 0.123 e. The highest BCUT2D eigenvalue weighted by molar-refractivity contribution is 6.18. The molecule has 0 aliphatic heterocycles. The number of hydrogen-bond donors (Lipinski definition) is 0. The summed E-state index contributed by atoms with van der Waals surface area (Å²) in [5.74, 6) is 1.20. The Labute approximate surface area is 83.7 Å². The summed E-state index contributed by atoms with van der Waals surface area (Å²) in [7, 11) is 0. The Morgan fingerprint density at radius 3 is 2.15 bits per heavy atom. The molecule has 0 spiro atoms. The van der Waals surface area contributed by atoms with Crippen LogP contribution in [0.5, 0.6) is 0 Å². The SMILES string of the molecule is CC(C)C(CCl)c1ccc(F)cc1. The van der Waals surface area contributed by atoms with Crippen LogP contribution in [0.3, 0.4) is 0 Å². The van der Waals surface area contributed by atoms with E-state index < -0.39 is 0 Å². The number of hydrogen-bond acceptors (Lipinski definition) is 0. The van der Waals surface area contributed by atoms with Crippen molar-refractivity contribution in [2.75, 3.05) is 5.88 Å². The third kappa shape index (κ3) is 2.70. The summed E-state index contributed by atoms with van der Waals surface area (Å²) in [6.45, 7) is 4.24. The van der Waals surface area contributed by atoms with E-state index >= 15 is 0 Å². The van der Waals surface area contributed by atoms with Crippen molar-refractivity contribution < 1.29 is 4.39 Å². The Kier molecular flexibility index (Phi) is 3.73. The summed E-state index contributed by atoms with van der Waals surface area (Å²) in [6, 6.07) is 6.58. The Morgan fingerprint density at radius 2 is 1.77 bits per heavy atom. The van der Waals surface area contributed by atoms with E-state index in [0.717, 1.165) is 5.56 Å². The van der Waals surface area contributed by atoms with Crippen molar-refractivity contribution in [1.29, 1.82) is 0 Å². The molecule has 1 aromatic carbocycles. The van der Waals surface area contributed by atoms with Gasteiger partial charge in [-0.05, 0) is 29.5 Å². The maximum atomic E-state index is 12.6. The first kappa shape index (κ1) is 10.5. The van der Waals surface area contributed by atoms with Crippen molar-refractivity contribution in [3.8, 4) is 0 Å². The minimum Gasteiger partial charge on any atom is -0.207 e. The van der Waals surface area contributed by atoms with Gasteiger partial charge in [-0.3, -0.25) is 0 Å². The van der Waals surface area contributed by atoms with Gasteiger partial charge in [-0.1, -0.05) is 26.0 Å². The zero-order valence-corrected chi connectivity index (χ0v) is 8.68. The van der Waals surface area contributed by atoms with Crippen LogP contribution in [-0.4, -0.2) is 5.88 Å². The highest BCUT2D eigenvalue weighted by Gasteiger charge is 2.13. The second-order valence-corrected chi connectivity index (χ2v) is 3.86. The Hall–Kier alpha value is -0.560. The minimum atomic E-state index is -0.194. The van der Waals surface area contributed by atoms with Gasteiger partial charge in [0, 0.05) is 5.88 Å². The molecule has 0 amide bonds. The lowest BCUT2D eigenvalue weighted by Gasteiger charge is -2.18. The molecule has 1 rings (SSSR count). The Bertz CT molecular complexity index is 253. The molecule has 0 heterocycles. The molecule has 0 aliphatic carbocycles. The second-order valence-electron chi connectivity index (χ2n) is 3.56. The molecule has 0 aromatic heterocycles. The van der Waals surface area contributed by atoms with Gasteiger partial charge in [0.2, 0.25) is 0 Å². The summed E-state index contributed by atoms with van der Waals surface area (Å²) in [5, 5.41) is 0. The Morgan fingerprint density at radius 1 is 1.23 bits per heavy atom. The fraction of sp³-hybridized carbons (Fsp3) is 0.455. The van der Waals surface area contributed by atoms with Gasteiger partial charge < -0.3 is 0 Å². The van der Waals surface area contributed by atoms with Crippen LogP contribution >= 0.6 is 11.6 Å². The van der Waals surface area contributed by atoms with Gasteiger partial charge in [-0.2, -0.15) is 0 Å². The van der Waals surface area contributed by atoms with Gasteiger partial charge in [0.1, 0.15) is 5.82 Å². The van der Waals surface area contributed by atoms with Crippen LogP contribution in [0.25, 0.3) is 0 Å². The lowest BCUT2D eigenvalue weighted by molar-refractivity contribution is 0.537. The molecule has 1 atom stereocenters. The van der Waals surface area contributed by atoms with Gasteiger partial charge in [0.15, 0.2) is 0 Å². The number of halogens is 2. The van der Waals surface area contributed by atoms with Crippen molar-refractivity contribution in [2.45, 2.75) is 19.8 Å². The maximum absolute atomic E-state index is 12.6. The van der Waals surface area contributed by atoms with E-state index in [-0.39, 0.29) is 5.82 Å². The quantitative estimate of drug-likeness (QED) is 0.651. The molecule has 0 fully saturated rings. The number of benzene rings is 1. The molecule has 0 saturated carbocycles. The van der Waals surface area contributed by atoms with E-state index in [1.807, 2.05) is 12.1 Å². The molecule has 0 saturated heterocycles. The lowest BCUT2D eigenvalue weighted by Crippen LogP contribution is -2.08. The third-order valence-electron chi connectivity index (χ3n) is 2.27. The lowest BCUT2D eigenvalue weighted by atomic mass is 9.90. The summed E-state index contributed by atoms with van der Waals surface area (Å²) in [6.07, 6.45) is 0. The van der Waals surface area contributed by atoms with E-state index in [0.29, 0.717) is 17.7 Å². The zero-order valence-electron chi connectivity index (χ0n) is 7.93. The van der Waals surface area contributed by atoms with Crippen molar-refractivity contribution in [2.24, 2.45) is 5.92 Å². The van der Waals surface area contributed by atoms with Crippen LogP contribution in [0.4, 0.5) is 4.39 Å². The monoisotopic (exact) mass is 200 g/mol. The average Bonchev–Trinajstić information content (AvgIpc) is 2.09. The highest BCUT2D eigenvalue weighted by Crippen LogP contribution is 2.25. The molecular formula is C11H14ClF. The standard InChI is InChI=1S/C11H14ClF/c1-8(2)11(7-12)9-3-5-10(13)6-4-9/h3-6,8,11H,7H2,1-2H3. The van der Waals surface area contributed by atoms with Gasteiger partial charge >= 0.3 is 0 Å². The van der Waals surface area contributed by atoms with Gasteiger partial charge in [-0.25, -0.2) is 4.39 Å². The molecule has 1 aromatic rings. The minimum absolute atomic E-state index is 0.194. The first-order valence-corrected chi connectivity index (χ1v) is 5.00. The molecule has 0 nitrogen and oxygen atoms in total. The predicted molar refractivity (Wildman–Crippen MR) is 54.7 cm³/mol.